The highest BCUT2D eigenvalue weighted by Crippen LogP contribution is 2.34. The molecule has 2 atom stereocenters. The van der Waals surface area contributed by atoms with E-state index in [1.54, 1.807) is 29.3 Å². The topological polar surface area (TPSA) is 138 Å². The molecule has 10 nitrogen and oxygen atoms in total. The van der Waals surface area contributed by atoms with Gasteiger partial charge in [0.15, 0.2) is 0 Å². The molecular formula is C32H33N5O5. The van der Waals surface area contributed by atoms with Crippen molar-refractivity contribution in [3.8, 4) is 0 Å². The van der Waals surface area contributed by atoms with Gasteiger partial charge >= 0.3 is 0 Å². The van der Waals surface area contributed by atoms with Crippen molar-refractivity contribution in [2.24, 2.45) is 5.92 Å². The molecule has 3 aromatic rings. The molecule has 1 aromatic heterocycles. The van der Waals surface area contributed by atoms with Gasteiger partial charge in [-0.1, -0.05) is 54.6 Å². The van der Waals surface area contributed by atoms with Crippen molar-refractivity contribution < 1.29 is 24.0 Å². The number of anilines is 1. The number of Topliss-reactive ketones (excluding diaryl/α,β-unsaturated/α-hetero) is 1. The highest BCUT2D eigenvalue weighted by molar-refractivity contribution is 6.38. The first kappa shape index (κ1) is 28.7. The summed E-state index contributed by atoms with van der Waals surface area (Å²) >= 11 is 0. The quantitative estimate of drug-likeness (QED) is 0.304. The van der Waals surface area contributed by atoms with Crippen LogP contribution in [0.15, 0.2) is 85.1 Å². The number of amides is 4. The average molecular weight is 568 g/mol. The lowest BCUT2D eigenvalue weighted by Gasteiger charge is -2.42. The number of hydrogen-bond donors (Lipinski definition) is 3. The van der Waals surface area contributed by atoms with Gasteiger partial charge in [-0.25, -0.2) is 0 Å². The third-order valence-corrected chi connectivity index (χ3v) is 7.85. The van der Waals surface area contributed by atoms with Crippen molar-refractivity contribution in [2.75, 3.05) is 11.4 Å². The van der Waals surface area contributed by atoms with Gasteiger partial charge in [0.25, 0.3) is 5.91 Å². The summed E-state index contributed by atoms with van der Waals surface area (Å²) in [7, 11) is 0. The van der Waals surface area contributed by atoms with Gasteiger partial charge in [0.1, 0.15) is 11.6 Å². The van der Waals surface area contributed by atoms with Crippen LogP contribution >= 0.6 is 0 Å². The van der Waals surface area contributed by atoms with Gasteiger partial charge in [-0.15, -0.1) is 0 Å². The van der Waals surface area contributed by atoms with E-state index in [1.807, 2.05) is 60.7 Å². The second-order valence-corrected chi connectivity index (χ2v) is 10.7. The standard InChI is InChI=1S/C32H33N5O5/c38-27-19-23(21-37(27)25-13-5-2-6-14-25)29(40)36-32(15-9-16-32)31(42)35-26(18-22-10-3-1-4-11-22)28(39)30(41)34-20-24-12-7-8-17-33-24/h1-8,10-14,17,23,26H,9,15-16,18-21H2,(H,34,41)(H,35,42)(H,36,40)/t23?,26-/m1/s1. The summed E-state index contributed by atoms with van der Waals surface area (Å²) in [6, 6.07) is 22.4. The van der Waals surface area contributed by atoms with E-state index in [0.29, 0.717) is 18.5 Å². The van der Waals surface area contributed by atoms with Crippen molar-refractivity contribution in [1.82, 2.24) is 20.9 Å². The summed E-state index contributed by atoms with van der Waals surface area (Å²) in [6.07, 6.45) is 3.25. The molecule has 42 heavy (non-hydrogen) atoms. The first-order valence-electron chi connectivity index (χ1n) is 14.1. The number of ketones is 1. The summed E-state index contributed by atoms with van der Waals surface area (Å²) in [5.74, 6) is -3.28. The monoisotopic (exact) mass is 567 g/mol. The Kier molecular flexibility index (Phi) is 8.71. The molecule has 1 saturated carbocycles. The highest BCUT2D eigenvalue weighted by Gasteiger charge is 2.48. The summed E-state index contributed by atoms with van der Waals surface area (Å²) in [4.78, 5) is 71.5. The largest absolute Gasteiger partial charge is 0.344 e. The zero-order valence-corrected chi connectivity index (χ0v) is 23.1. The first-order valence-corrected chi connectivity index (χ1v) is 14.1. The molecule has 2 fully saturated rings. The molecule has 1 aliphatic carbocycles. The van der Waals surface area contributed by atoms with E-state index in [1.165, 1.54) is 0 Å². The lowest BCUT2D eigenvalue weighted by Crippen LogP contribution is -2.66. The summed E-state index contributed by atoms with van der Waals surface area (Å²) in [5, 5.41) is 8.26. The Morgan fingerprint density at radius 3 is 2.26 bits per heavy atom. The molecule has 2 heterocycles. The minimum atomic E-state index is -1.21. The van der Waals surface area contributed by atoms with Gasteiger partial charge in [0, 0.05) is 31.3 Å². The summed E-state index contributed by atoms with van der Waals surface area (Å²) in [5.41, 5.74) is 0.873. The molecule has 1 aliphatic heterocycles. The number of carbonyl (C=O) groups is 5. The minimum absolute atomic E-state index is 0.0456. The molecule has 2 aromatic carbocycles. The number of benzene rings is 2. The Bertz CT molecular complexity index is 1440. The van der Waals surface area contributed by atoms with Gasteiger partial charge in [-0.3, -0.25) is 29.0 Å². The maximum atomic E-state index is 13.7. The normalized spacial score (nSPS) is 18.0. The first-order chi connectivity index (χ1) is 20.3. The van der Waals surface area contributed by atoms with Crippen LogP contribution in [0.25, 0.3) is 0 Å². The van der Waals surface area contributed by atoms with Crippen LogP contribution in [0.1, 0.15) is 36.9 Å². The van der Waals surface area contributed by atoms with E-state index in [2.05, 4.69) is 20.9 Å². The Balaban J connectivity index is 1.26. The zero-order valence-electron chi connectivity index (χ0n) is 23.1. The molecule has 3 N–H and O–H groups in total. The van der Waals surface area contributed by atoms with Crippen LogP contribution in [0, 0.1) is 5.92 Å². The molecule has 0 spiro atoms. The number of nitrogens with zero attached hydrogens (tertiary/aromatic N) is 2. The zero-order chi connectivity index (χ0) is 29.5. The fraction of sp³-hybridized carbons (Fsp3) is 0.312. The average Bonchev–Trinajstić information content (AvgIpc) is 3.40. The Morgan fingerprint density at radius 1 is 0.929 bits per heavy atom. The molecule has 4 amide bonds. The predicted molar refractivity (Wildman–Crippen MR) is 155 cm³/mol. The molecule has 1 unspecified atom stereocenters. The second-order valence-electron chi connectivity index (χ2n) is 10.7. The van der Waals surface area contributed by atoms with Crippen molar-refractivity contribution in [2.45, 2.75) is 50.2 Å². The fourth-order valence-electron chi connectivity index (χ4n) is 5.29. The predicted octanol–water partition coefficient (Wildman–Crippen LogP) is 2.09. The van der Waals surface area contributed by atoms with Crippen LogP contribution in [-0.2, 0) is 36.9 Å². The minimum Gasteiger partial charge on any atom is -0.344 e. The fourth-order valence-corrected chi connectivity index (χ4v) is 5.29. The van der Waals surface area contributed by atoms with E-state index in [9.17, 15) is 24.0 Å². The second kappa shape index (κ2) is 12.8. The van der Waals surface area contributed by atoms with E-state index in [0.717, 1.165) is 17.7 Å². The Labute approximate surface area is 243 Å². The van der Waals surface area contributed by atoms with Gasteiger partial charge in [0.05, 0.1) is 18.2 Å². The van der Waals surface area contributed by atoms with Crippen LogP contribution in [0.5, 0.6) is 0 Å². The lowest BCUT2D eigenvalue weighted by molar-refractivity contribution is -0.143. The van der Waals surface area contributed by atoms with Crippen LogP contribution < -0.4 is 20.9 Å². The van der Waals surface area contributed by atoms with E-state index < -0.39 is 35.1 Å². The molecular weight excluding hydrogens is 534 g/mol. The lowest BCUT2D eigenvalue weighted by atomic mass is 9.75. The van der Waals surface area contributed by atoms with Gasteiger partial charge in [-0.05, 0) is 49.1 Å². The molecule has 0 bridgehead atoms. The van der Waals surface area contributed by atoms with E-state index in [-0.39, 0.29) is 37.7 Å². The number of nitrogens with one attached hydrogen (secondary N) is 3. The van der Waals surface area contributed by atoms with E-state index in [4.69, 9.17) is 0 Å². The highest BCUT2D eigenvalue weighted by atomic mass is 16.2. The van der Waals surface area contributed by atoms with Gasteiger partial charge < -0.3 is 20.9 Å². The maximum absolute atomic E-state index is 13.7. The third-order valence-electron chi connectivity index (χ3n) is 7.85. The van der Waals surface area contributed by atoms with Crippen molar-refractivity contribution in [3.63, 3.8) is 0 Å². The molecule has 2 aliphatic rings. The Morgan fingerprint density at radius 2 is 1.62 bits per heavy atom. The number of aromatic nitrogens is 1. The van der Waals surface area contributed by atoms with Crippen molar-refractivity contribution in [3.05, 3.63) is 96.3 Å². The number of rotatable bonds is 11. The summed E-state index contributed by atoms with van der Waals surface area (Å²) < 4.78 is 0. The molecule has 0 radical (unpaired) electrons. The molecule has 5 rings (SSSR count). The van der Waals surface area contributed by atoms with Crippen molar-refractivity contribution in [1.29, 1.82) is 0 Å². The smallest absolute Gasteiger partial charge is 0.289 e. The molecule has 216 valence electrons. The number of carbonyl (C=O) groups excluding carboxylic acids is 5. The van der Waals surface area contributed by atoms with Crippen LogP contribution in [0.2, 0.25) is 0 Å². The Hall–Kier alpha value is -4.86. The van der Waals surface area contributed by atoms with Crippen molar-refractivity contribution >= 4 is 35.1 Å². The van der Waals surface area contributed by atoms with Crippen LogP contribution in [0.3, 0.4) is 0 Å². The number of hydrogen-bond acceptors (Lipinski definition) is 6. The van der Waals surface area contributed by atoms with Gasteiger partial charge in [0.2, 0.25) is 23.5 Å². The van der Waals surface area contributed by atoms with Crippen LogP contribution in [-0.4, -0.2) is 52.5 Å². The maximum Gasteiger partial charge on any atom is 0.289 e. The molecule has 1 saturated heterocycles. The number of para-hydroxylation sites is 1. The summed E-state index contributed by atoms with van der Waals surface area (Å²) in [6.45, 7) is 0.287. The number of pyridine rings is 1. The SMILES string of the molecule is O=C(NCc1ccccn1)C(=O)[C@@H](Cc1ccccc1)NC(=O)C1(NC(=O)C2CC(=O)N(c3ccccc3)C2)CCC1. The van der Waals surface area contributed by atoms with Crippen LogP contribution in [0.4, 0.5) is 5.69 Å². The van der Waals surface area contributed by atoms with Gasteiger partial charge in [-0.2, -0.15) is 0 Å². The van der Waals surface area contributed by atoms with E-state index >= 15 is 0 Å². The molecule has 10 heteroatoms. The third kappa shape index (κ3) is 6.54.